The van der Waals surface area contributed by atoms with Crippen LogP contribution in [0.15, 0.2) is 63.8 Å². The van der Waals surface area contributed by atoms with Crippen LogP contribution >= 0.6 is 0 Å². The molecule has 0 saturated carbocycles. The number of hydrogen-bond donors (Lipinski definition) is 3. The highest BCUT2D eigenvalue weighted by Gasteiger charge is 2.14. The van der Waals surface area contributed by atoms with E-state index >= 15 is 0 Å². The molecule has 0 unspecified atom stereocenters. The first-order chi connectivity index (χ1) is 17.9. The Morgan fingerprint density at radius 2 is 1.73 bits per heavy atom. The van der Waals surface area contributed by atoms with E-state index in [9.17, 15) is 9.59 Å². The van der Waals surface area contributed by atoms with Crippen LogP contribution in [0, 0.1) is 0 Å². The molecule has 2 aromatic heterocycles. The minimum absolute atomic E-state index is 0.0789. The van der Waals surface area contributed by atoms with Crippen LogP contribution in [-0.4, -0.2) is 38.5 Å². The van der Waals surface area contributed by atoms with E-state index < -0.39 is 0 Å². The average molecular weight is 500 g/mol. The first kappa shape index (κ1) is 24.2. The molecule has 190 valence electrons. The molecule has 1 amide bonds. The zero-order valence-corrected chi connectivity index (χ0v) is 21.0. The van der Waals surface area contributed by atoms with E-state index in [1.165, 1.54) is 25.5 Å². The van der Waals surface area contributed by atoms with Gasteiger partial charge in [0.05, 0.1) is 29.1 Å². The number of anilines is 4. The number of carbonyl (C=O) groups excluding carboxylic acids is 1. The number of nitrogens with one attached hydrogen (secondary N) is 3. The molecule has 1 fully saturated rings. The van der Waals surface area contributed by atoms with Gasteiger partial charge in [-0.25, -0.2) is 4.98 Å². The Balaban J connectivity index is 1.42. The zero-order chi connectivity index (χ0) is 25.9. The van der Waals surface area contributed by atoms with Gasteiger partial charge in [-0.2, -0.15) is 15.2 Å². The summed E-state index contributed by atoms with van der Waals surface area (Å²) in [6, 6.07) is 13.3. The Morgan fingerprint density at radius 1 is 1.03 bits per heavy atom. The van der Waals surface area contributed by atoms with Crippen LogP contribution in [0.4, 0.5) is 34.4 Å². The molecular formula is C26H29N9O2. The number of imidazole rings is 1. The minimum Gasteiger partial charge on any atom is -0.372 e. The molecule has 0 radical (unpaired) electrons. The van der Waals surface area contributed by atoms with E-state index in [4.69, 9.17) is 0 Å². The molecule has 4 aromatic rings. The summed E-state index contributed by atoms with van der Waals surface area (Å²) in [5.41, 5.74) is 3.89. The Kier molecular flexibility index (Phi) is 6.67. The number of rotatable bonds is 7. The number of hydrogen-bond acceptors (Lipinski definition) is 8. The second-order valence-corrected chi connectivity index (χ2v) is 9.28. The van der Waals surface area contributed by atoms with Crippen molar-refractivity contribution < 1.29 is 4.79 Å². The smallest absolute Gasteiger partial charge is 0.280 e. The number of azo groups is 1. The molecule has 11 heteroatoms. The highest BCUT2D eigenvalue weighted by atomic mass is 16.1. The number of aromatic nitrogens is 4. The lowest BCUT2D eigenvalue weighted by molar-refractivity contribution is -0.114. The molecule has 1 saturated heterocycles. The van der Waals surface area contributed by atoms with E-state index in [2.05, 4.69) is 52.8 Å². The quantitative estimate of drug-likeness (QED) is 0.291. The molecule has 11 nitrogen and oxygen atoms in total. The SMILES string of the molecule is CC(=O)Nc1ccc(/N=N/c2ccc(N3CCCC3)cc2)cc1Nc1nc2c(ncn2C(C)C)c(=O)[nH]1. The molecule has 0 atom stereocenters. The van der Waals surface area contributed by atoms with Crippen LogP contribution in [0.3, 0.4) is 0 Å². The Morgan fingerprint density at radius 3 is 2.43 bits per heavy atom. The molecular weight excluding hydrogens is 470 g/mol. The van der Waals surface area contributed by atoms with Crippen LogP contribution in [0.5, 0.6) is 0 Å². The van der Waals surface area contributed by atoms with Gasteiger partial charge in [-0.1, -0.05) is 0 Å². The van der Waals surface area contributed by atoms with Gasteiger partial charge in [0, 0.05) is 31.7 Å². The summed E-state index contributed by atoms with van der Waals surface area (Å²) in [7, 11) is 0. The zero-order valence-electron chi connectivity index (χ0n) is 21.0. The molecule has 1 aliphatic rings. The largest absolute Gasteiger partial charge is 0.372 e. The normalized spacial score (nSPS) is 13.7. The van der Waals surface area contributed by atoms with Crippen molar-refractivity contribution in [3.05, 3.63) is 59.1 Å². The van der Waals surface area contributed by atoms with E-state index in [0.717, 1.165) is 18.8 Å². The van der Waals surface area contributed by atoms with Gasteiger partial charge in [0.1, 0.15) is 0 Å². The number of H-pyrrole nitrogens is 1. The topological polar surface area (TPSA) is 133 Å². The Hall–Kier alpha value is -4.54. The van der Waals surface area contributed by atoms with Gasteiger partial charge in [0.15, 0.2) is 11.2 Å². The lowest BCUT2D eigenvalue weighted by Gasteiger charge is -2.17. The number of amides is 1. The van der Waals surface area contributed by atoms with E-state index in [1.54, 1.807) is 24.5 Å². The number of benzene rings is 2. The predicted molar refractivity (Wildman–Crippen MR) is 145 cm³/mol. The molecule has 3 heterocycles. The van der Waals surface area contributed by atoms with Crippen molar-refractivity contribution in [2.24, 2.45) is 10.2 Å². The van der Waals surface area contributed by atoms with Crippen LogP contribution in [-0.2, 0) is 4.79 Å². The average Bonchev–Trinajstić information content (AvgIpc) is 3.55. The maximum Gasteiger partial charge on any atom is 0.280 e. The molecule has 37 heavy (non-hydrogen) atoms. The summed E-state index contributed by atoms with van der Waals surface area (Å²) in [6.45, 7) is 7.58. The second kappa shape index (κ2) is 10.2. The van der Waals surface area contributed by atoms with Crippen molar-refractivity contribution in [3.63, 3.8) is 0 Å². The first-order valence-corrected chi connectivity index (χ1v) is 12.3. The van der Waals surface area contributed by atoms with E-state index in [-0.39, 0.29) is 29.0 Å². The fourth-order valence-electron chi connectivity index (χ4n) is 4.31. The number of carbonyl (C=O) groups is 1. The van der Waals surface area contributed by atoms with Crippen LogP contribution in [0.2, 0.25) is 0 Å². The van der Waals surface area contributed by atoms with Crippen molar-refractivity contribution in [1.29, 1.82) is 0 Å². The number of nitrogens with zero attached hydrogens (tertiary/aromatic N) is 6. The molecule has 2 aromatic carbocycles. The maximum atomic E-state index is 12.6. The molecule has 0 bridgehead atoms. The Bertz CT molecular complexity index is 1510. The standard InChI is InChI=1S/C26H29N9O2/c1-16(2)35-15-27-23-24(35)30-26(31-25(23)37)29-22-14-19(8-11-21(22)28-17(3)36)33-32-18-6-9-20(10-7-18)34-12-4-5-13-34/h6-11,14-16H,4-5,12-13H2,1-3H3,(H,28,36)(H2,29,30,31,37)/b33-32+. The summed E-state index contributed by atoms with van der Waals surface area (Å²) in [6.07, 6.45) is 4.05. The van der Waals surface area contributed by atoms with Gasteiger partial charge in [-0.15, -0.1) is 0 Å². The van der Waals surface area contributed by atoms with Crippen LogP contribution in [0.25, 0.3) is 11.2 Å². The molecule has 1 aliphatic heterocycles. The molecule has 0 aliphatic carbocycles. The first-order valence-electron chi connectivity index (χ1n) is 12.3. The molecule has 0 spiro atoms. The van der Waals surface area contributed by atoms with Crippen molar-refractivity contribution >= 4 is 51.5 Å². The Labute approximate surface area is 213 Å². The fraction of sp³-hybridized carbons (Fsp3) is 0.308. The highest BCUT2D eigenvalue weighted by Crippen LogP contribution is 2.31. The molecule has 3 N–H and O–H groups in total. The van der Waals surface area contributed by atoms with Crippen molar-refractivity contribution in [2.75, 3.05) is 28.6 Å². The predicted octanol–water partition coefficient (Wildman–Crippen LogP) is 5.42. The summed E-state index contributed by atoms with van der Waals surface area (Å²) < 4.78 is 1.82. The van der Waals surface area contributed by atoms with Gasteiger partial charge >= 0.3 is 0 Å². The van der Waals surface area contributed by atoms with E-state index in [1.807, 2.05) is 30.5 Å². The number of aromatic amines is 1. The number of fused-ring (bicyclic) bond motifs is 1. The van der Waals surface area contributed by atoms with Gasteiger partial charge in [-0.3, -0.25) is 14.6 Å². The van der Waals surface area contributed by atoms with Crippen LogP contribution < -0.4 is 21.1 Å². The minimum atomic E-state index is -0.360. The third kappa shape index (κ3) is 5.35. The monoisotopic (exact) mass is 499 g/mol. The second-order valence-electron chi connectivity index (χ2n) is 9.28. The third-order valence-electron chi connectivity index (χ3n) is 6.16. The van der Waals surface area contributed by atoms with Crippen molar-refractivity contribution in [2.45, 2.75) is 39.7 Å². The van der Waals surface area contributed by atoms with Crippen molar-refractivity contribution in [1.82, 2.24) is 19.5 Å². The summed E-state index contributed by atoms with van der Waals surface area (Å²) >= 11 is 0. The summed E-state index contributed by atoms with van der Waals surface area (Å²) in [4.78, 5) is 38.2. The lowest BCUT2D eigenvalue weighted by atomic mass is 10.2. The maximum absolute atomic E-state index is 12.6. The fourth-order valence-corrected chi connectivity index (χ4v) is 4.31. The molecule has 5 rings (SSSR count). The third-order valence-corrected chi connectivity index (χ3v) is 6.16. The summed E-state index contributed by atoms with van der Waals surface area (Å²) in [5.74, 6) is -0.0107. The van der Waals surface area contributed by atoms with Crippen LogP contribution in [0.1, 0.15) is 39.7 Å². The van der Waals surface area contributed by atoms with Gasteiger partial charge in [-0.05, 0) is 69.2 Å². The van der Waals surface area contributed by atoms with Gasteiger partial charge in [0.2, 0.25) is 11.9 Å². The highest BCUT2D eigenvalue weighted by molar-refractivity contribution is 5.93. The van der Waals surface area contributed by atoms with Crippen molar-refractivity contribution in [3.8, 4) is 0 Å². The van der Waals surface area contributed by atoms with Gasteiger partial charge < -0.3 is 20.1 Å². The lowest BCUT2D eigenvalue weighted by Crippen LogP contribution is -2.17. The van der Waals surface area contributed by atoms with E-state index in [0.29, 0.717) is 22.7 Å². The summed E-state index contributed by atoms with van der Waals surface area (Å²) in [5, 5.41) is 14.6. The van der Waals surface area contributed by atoms with Gasteiger partial charge in [0.25, 0.3) is 5.56 Å².